The van der Waals surface area contributed by atoms with Crippen LogP contribution in [0, 0.1) is 0 Å². The summed E-state index contributed by atoms with van der Waals surface area (Å²) in [6.07, 6.45) is 4.50. The van der Waals surface area contributed by atoms with Crippen molar-refractivity contribution >= 4 is 29.9 Å². The van der Waals surface area contributed by atoms with E-state index in [2.05, 4.69) is 5.32 Å². The molecule has 1 aromatic rings. The molecule has 7 heteroatoms. The van der Waals surface area contributed by atoms with Gasteiger partial charge in [0.05, 0.1) is 13.2 Å². The predicted molar refractivity (Wildman–Crippen MR) is 101 cm³/mol. The molecular weight excluding hydrogens is 342 g/mol. The molecule has 6 nitrogen and oxygen atoms in total. The molecule has 1 saturated heterocycles. The van der Waals surface area contributed by atoms with E-state index in [4.69, 9.17) is 10.5 Å². The van der Waals surface area contributed by atoms with Gasteiger partial charge in [-0.05, 0) is 43.7 Å². The molecule has 0 bridgehead atoms. The number of carbonyl (C=O) groups is 2. The molecule has 0 unspecified atom stereocenters. The Balaban J connectivity index is 0.00000312. The van der Waals surface area contributed by atoms with Crippen molar-refractivity contribution in [2.75, 3.05) is 38.2 Å². The first kappa shape index (κ1) is 21.4. The summed E-state index contributed by atoms with van der Waals surface area (Å²) in [6, 6.07) is 7.07. The van der Waals surface area contributed by atoms with Crippen LogP contribution in [0.25, 0.3) is 0 Å². The number of anilines is 1. The average Bonchev–Trinajstić information content (AvgIpc) is 2.62. The van der Waals surface area contributed by atoms with E-state index in [1.54, 1.807) is 29.2 Å². The van der Waals surface area contributed by atoms with Crippen molar-refractivity contribution in [3.05, 3.63) is 29.8 Å². The van der Waals surface area contributed by atoms with Crippen molar-refractivity contribution in [3.63, 3.8) is 0 Å². The van der Waals surface area contributed by atoms with E-state index in [-0.39, 0.29) is 24.2 Å². The Bertz CT molecular complexity index is 531. The Hall–Kier alpha value is -1.63. The number of rotatable bonds is 8. The summed E-state index contributed by atoms with van der Waals surface area (Å²) in [5.74, 6) is 0.0195. The van der Waals surface area contributed by atoms with Crippen LogP contribution in [0.5, 0.6) is 0 Å². The van der Waals surface area contributed by atoms with Gasteiger partial charge in [0.2, 0.25) is 5.91 Å². The Morgan fingerprint density at radius 3 is 2.32 bits per heavy atom. The van der Waals surface area contributed by atoms with Crippen LogP contribution in [0.4, 0.5) is 5.69 Å². The number of hydrogen-bond acceptors (Lipinski definition) is 4. The number of hydrogen-bond donors (Lipinski definition) is 2. The normalized spacial score (nSPS) is 13.9. The molecule has 140 valence electrons. The second-order valence-electron chi connectivity index (χ2n) is 5.98. The van der Waals surface area contributed by atoms with E-state index >= 15 is 0 Å². The van der Waals surface area contributed by atoms with Gasteiger partial charge < -0.3 is 20.7 Å². The number of carbonyl (C=O) groups excluding carboxylic acids is 2. The Morgan fingerprint density at radius 1 is 1.04 bits per heavy atom. The fraction of sp³-hybridized carbons (Fsp3) is 0.556. The Kier molecular flexibility index (Phi) is 10.1. The maximum absolute atomic E-state index is 12.3. The van der Waals surface area contributed by atoms with Gasteiger partial charge >= 0.3 is 0 Å². The lowest BCUT2D eigenvalue weighted by Crippen LogP contribution is -2.40. The highest BCUT2D eigenvalue weighted by atomic mass is 35.5. The third kappa shape index (κ3) is 7.42. The van der Waals surface area contributed by atoms with Crippen molar-refractivity contribution in [2.45, 2.75) is 32.1 Å². The summed E-state index contributed by atoms with van der Waals surface area (Å²) in [6.45, 7) is 3.14. The zero-order chi connectivity index (χ0) is 17.2. The van der Waals surface area contributed by atoms with Crippen molar-refractivity contribution in [3.8, 4) is 0 Å². The highest BCUT2D eigenvalue weighted by Gasteiger charge is 2.18. The van der Waals surface area contributed by atoms with Crippen LogP contribution in [0.1, 0.15) is 42.5 Å². The lowest BCUT2D eigenvalue weighted by atomic mass is 10.1. The second-order valence-corrected chi connectivity index (χ2v) is 5.98. The smallest absolute Gasteiger partial charge is 0.254 e. The van der Waals surface area contributed by atoms with Gasteiger partial charge in [0, 0.05) is 30.8 Å². The van der Waals surface area contributed by atoms with Crippen LogP contribution >= 0.6 is 12.4 Å². The van der Waals surface area contributed by atoms with Gasteiger partial charge in [0.1, 0.15) is 0 Å². The third-order valence-electron chi connectivity index (χ3n) is 4.07. The molecule has 25 heavy (non-hydrogen) atoms. The van der Waals surface area contributed by atoms with Gasteiger partial charge in [-0.25, -0.2) is 0 Å². The Morgan fingerprint density at radius 2 is 1.68 bits per heavy atom. The van der Waals surface area contributed by atoms with E-state index in [1.807, 2.05) is 0 Å². The molecule has 1 aliphatic rings. The van der Waals surface area contributed by atoms with Crippen LogP contribution in [-0.4, -0.2) is 49.6 Å². The maximum Gasteiger partial charge on any atom is 0.254 e. The number of nitrogens with two attached hydrogens (primary N) is 1. The average molecular weight is 370 g/mol. The van der Waals surface area contributed by atoms with Crippen LogP contribution in [0.2, 0.25) is 0 Å². The molecule has 0 spiro atoms. The summed E-state index contributed by atoms with van der Waals surface area (Å²) >= 11 is 0. The zero-order valence-electron chi connectivity index (χ0n) is 14.5. The summed E-state index contributed by atoms with van der Waals surface area (Å²) in [4.78, 5) is 26.0. The minimum atomic E-state index is 0. The van der Waals surface area contributed by atoms with E-state index in [0.29, 0.717) is 44.8 Å². The number of nitrogens with zero attached hydrogens (tertiary/aromatic N) is 1. The monoisotopic (exact) mass is 369 g/mol. The standard InChI is InChI=1S/C18H27N3O3.ClH/c19-10-4-2-1-3-5-17(22)20-16-8-6-15(7-9-16)18(23)21-11-13-24-14-12-21;/h6-9H,1-5,10-14,19H2,(H,20,22);1H. The summed E-state index contributed by atoms with van der Waals surface area (Å²) < 4.78 is 5.25. The number of ether oxygens (including phenoxy) is 1. The van der Waals surface area contributed by atoms with Crippen molar-refractivity contribution in [1.29, 1.82) is 0 Å². The van der Waals surface area contributed by atoms with Gasteiger partial charge in [-0.2, -0.15) is 0 Å². The number of nitrogens with one attached hydrogen (secondary N) is 1. The number of morpholine rings is 1. The van der Waals surface area contributed by atoms with Gasteiger partial charge in [-0.3, -0.25) is 9.59 Å². The maximum atomic E-state index is 12.3. The van der Waals surface area contributed by atoms with Crippen LogP contribution < -0.4 is 11.1 Å². The number of amides is 2. The lowest BCUT2D eigenvalue weighted by Gasteiger charge is -2.26. The van der Waals surface area contributed by atoms with Crippen molar-refractivity contribution < 1.29 is 14.3 Å². The number of halogens is 1. The minimum absolute atomic E-state index is 0. The molecule has 1 aliphatic heterocycles. The van der Waals surface area contributed by atoms with Gasteiger partial charge in [-0.15, -0.1) is 12.4 Å². The number of unbranched alkanes of at least 4 members (excludes halogenated alkanes) is 3. The topological polar surface area (TPSA) is 84.7 Å². The molecule has 0 atom stereocenters. The molecule has 1 heterocycles. The van der Waals surface area contributed by atoms with E-state index < -0.39 is 0 Å². The molecular formula is C18H28ClN3O3. The summed E-state index contributed by atoms with van der Waals surface area (Å²) in [5.41, 5.74) is 6.80. The fourth-order valence-corrected chi connectivity index (χ4v) is 2.65. The molecule has 2 rings (SSSR count). The fourth-order valence-electron chi connectivity index (χ4n) is 2.65. The minimum Gasteiger partial charge on any atom is -0.378 e. The summed E-state index contributed by atoms with van der Waals surface area (Å²) in [7, 11) is 0. The van der Waals surface area contributed by atoms with Crippen LogP contribution in [0.3, 0.4) is 0 Å². The first-order valence-electron chi connectivity index (χ1n) is 8.67. The van der Waals surface area contributed by atoms with E-state index in [0.717, 1.165) is 31.4 Å². The second kappa shape index (κ2) is 11.8. The third-order valence-corrected chi connectivity index (χ3v) is 4.07. The highest BCUT2D eigenvalue weighted by Crippen LogP contribution is 2.13. The molecule has 0 aromatic heterocycles. The summed E-state index contributed by atoms with van der Waals surface area (Å²) in [5, 5.41) is 2.87. The molecule has 3 N–H and O–H groups in total. The number of benzene rings is 1. The van der Waals surface area contributed by atoms with Crippen LogP contribution in [-0.2, 0) is 9.53 Å². The predicted octanol–water partition coefficient (Wildman–Crippen LogP) is 2.43. The molecule has 1 aromatic carbocycles. The Labute approximate surface area is 155 Å². The first-order valence-corrected chi connectivity index (χ1v) is 8.67. The van der Waals surface area contributed by atoms with Crippen molar-refractivity contribution in [1.82, 2.24) is 4.90 Å². The van der Waals surface area contributed by atoms with Gasteiger partial charge in [0.25, 0.3) is 5.91 Å². The lowest BCUT2D eigenvalue weighted by molar-refractivity contribution is -0.116. The SMILES string of the molecule is Cl.NCCCCCCC(=O)Nc1ccc(C(=O)N2CCOCC2)cc1. The van der Waals surface area contributed by atoms with Gasteiger partial charge in [-0.1, -0.05) is 12.8 Å². The van der Waals surface area contributed by atoms with Gasteiger partial charge in [0.15, 0.2) is 0 Å². The van der Waals surface area contributed by atoms with E-state index in [1.165, 1.54) is 0 Å². The molecule has 0 radical (unpaired) electrons. The first-order chi connectivity index (χ1) is 11.7. The zero-order valence-corrected chi connectivity index (χ0v) is 15.4. The highest BCUT2D eigenvalue weighted by molar-refractivity contribution is 5.95. The molecule has 0 saturated carbocycles. The largest absolute Gasteiger partial charge is 0.378 e. The molecule has 1 fully saturated rings. The molecule has 2 amide bonds. The quantitative estimate of drug-likeness (QED) is 0.689. The van der Waals surface area contributed by atoms with Crippen molar-refractivity contribution in [2.24, 2.45) is 5.73 Å². The van der Waals surface area contributed by atoms with Crippen LogP contribution in [0.15, 0.2) is 24.3 Å². The molecule has 0 aliphatic carbocycles. The van der Waals surface area contributed by atoms with E-state index in [9.17, 15) is 9.59 Å².